The molecular formula is C41H50F5NO12. The highest BCUT2D eigenvalue weighted by molar-refractivity contribution is 5.79. The average molecular weight is 844 g/mol. The van der Waals surface area contributed by atoms with Crippen molar-refractivity contribution in [1.82, 2.24) is 4.90 Å². The molecule has 1 amide bonds. The molecule has 0 bridgehead atoms. The first kappa shape index (κ1) is 47.4. The lowest BCUT2D eigenvalue weighted by Gasteiger charge is -2.19. The van der Waals surface area contributed by atoms with E-state index in [9.17, 15) is 31.5 Å². The van der Waals surface area contributed by atoms with Crippen LogP contribution < -0.4 is 4.74 Å². The molecule has 0 saturated heterocycles. The maximum Gasteiger partial charge on any atom is 0.409 e. The van der Waals surface area contributed by atoms with Gasteiger partial charge >= 0.3 is 12.1 Å². The van der Waals surface area contributed by atoms with Crippen molar-refractivity contribution in [3.8, 4) is 16.9 Å². The molecule has 3 aromatic carbocycles. The smallest absolute Gasteiger partial charge is 0.409 e. The molecule has 0 radical (unpaired) electrons. The Morgan fingerprint density at radius 3 is 1.29 bits per heavy atom. The number of rotatable bonds is 30. The summed E-state index contributed by atoms with van der Waals surface area (Å²) in [6.45, 7) is 5.49. The second-order valence-corrected chi connectivity index (χ2v) is 12.7. The summed E-state index contributed by atoms with van der Waals surface area (Å²) in [6.07, 6.45) is -0.888. The number of esters is 1. The first-order chi connectivity index (χ1) is 28.7. The predicted molar refractivity (Wildman–Crippen MR) is 201 cm³/mol. The zero-order chi connectivity index (χ0) is 42.2. The molecule has 13 nitrogen and oxygen atoms in total. The van der Waals surface area contributed by atoms with Crippen LogP contribution >= 0.6 is 0 Å². The van der Waals surface area contributed by atoms with Crippen LogP contribution in [0.3, 0.4) is 0 Å². The van der Waals surface area contributed by atoms with Crippen LogP contribution in [0.15, 0.2) is 48.5 Å². The summed E-state index contributed by atoms with van der Waals surface area (Å²) in [6, 6.07) is 16.4. The first-order valence-corrected chi connectivity index (χ1v) is 19.1. The molecule has 0 saturated carbocycles. The number of likely N-dealkylation sites (N-methyl/N-ethyl adjacent to an activating group) is 1. The van der Waals surface area contributed by atoms with Crippen molar-refractivity contribution in [2.24, 2.45) is 0 Å². The van der Waals surface area contributed by atoms with Gasteiger partial charge in [-0.15, -0.1) is 0 Å². The lowest BCUT2D eigenvalue weighted by Crippen LogP contribution is -2.32. The minimum absolute atomic E-state index is 0.0116. The minimum Gasteiger partial charge on any atom is -0.448 e. The monoisotopic (exact) mass is 843 g/mol. The van der Waals surface area contributed by atoms with E-state index >= 15 is 0 Å². The summed E-state index contributed by atoms with van der Waals surface area (Å²) in [4.78, 5) is 25.8. The van der Waals surface area contributed by atoms with Crippen molar-refractivity contribution < 1.29 is 78.9 Å². The minimum atomic E-state index is -2.35. The number of nitrogens with zero attached hydrogens (tertiary/aromatic N) is 1. The maximum absolute atomic E-state index is 13.6. The van der Waals surface area contributed by atoms with Crippen LogP contribution in [-0.2, 0) is 47.4 Å². The van der Waals surface area contributed by atoms with E-state index in [-0.39, 0.29) is 39.0 Å². The lowest BCUT2D eigenvalue weighted by atomic mass is 9.98. The predicted octanol–water partition coefficient (Wildman–Crippen LogP) is 5.69. The molecule has 59 heavy (non-hydrogen) atoms. The molecule has 0 N–H and O–H groups in total. The molecule has 1 aliphatic rings. The number of carbonyl (C=O) groups is 2. The summed E-state index contributed by atoms with van der Waals surface area (Å²) >= 11 is 0. The lowest BCUT2D eigenvalue weighted by molar-refractivity contribution is -0.136. The Labute approximate surface area is 339 Å². The van der Waals surface area contributed by atoms with Crippen LogP contribution in [0.4, 0.5) is 26.7 Å². The molecule has 3 aromatic rings. The zero-order valence-corrected chi connectivity index (χ0v) is 32.9. The summed E-state index contributed by atoms with van der Waals surface area (Å²) in [7, 11) is 1.69. The molecule has 0 aromatic heterocycles. The first-order valence-electron chi connectivity index (χ1n) is 19.1. The molecule has 326 valence electrons. The highest BCUT2D eigenvalue weighted by Gasteiger charge is 2.30. The fourth-order valence-electron chi connectivity index (χ4n) is 5.63. The number of fused-ring (bicyclic) bond motifs is 3. The van der Waals surface area contributed by atoms with Gasteiger partial charge in [0.15, 0.2) is 0 Å². The Bertz CT molecular complexity index is 1660. The SMILES string of the molecule is CN(CCOCCOCCOCCOCCOCCOCCOCCOCCC(=O)Oc1c(F)c(F)c(F)c(F)c1F)C(=O)OCC1c2ccccc2-c2ccccc21. The van der Waals surface area contributed by atoms with E-state index in [1.54, 1.807) is 7.05 Å². The van der Waals surface area contributed by atoms with Gasteiger partial charge in [0.25, 0.3) is 0 Å². The van der Waals surface area contributed by atoms with Gasteiger partial charge in [-0.2, -0.15) is 8.78 Å². The van der Waals surface area contributed by atoms with E-state index in [4.69, 9.17) is 42.6 Å². The van der Waals surface area contributed by atoms with Gasteiger partial charge in [-0.05, 0) is 22.3 Å². The Balaban J connectivity index is 0.838. The van der Waals surface area contributed by atoms with Crippen LogP contribution in [0, 0.1) is 29.1 Å². The molecule has 18 heteroatoms. The van der Waals surface area contributed by atoms with Crippen molar-refractivity contribution in [2.45, 2.75) is 12.3 Å². The molecule has 4 rings (SSSR count). The van der Waals surface area contributed by atoms with Crippen LogP contribution in [0.25, 0.3) is 11.1 Å². The zero-order valence-electron chi connectivity index (χ0n) is 32.9. The Morgan fingerprint density at radius 2 is 0.864 bits per heavy atom. The topological polar surface area (TPSA) is 130 Å². The molecule has 0 aliphatic heterocycles. The molecule has 0 fully saturated rings. The second-order valence-electron chi connectivity index (χ2n) is 12.7. The van der Waals surface area contributed by atoms with E-state index in [2.05, 4.69) is 29.0 Å². The number of amides is 1. The van der Waals surface area contributed by atoms with Crippen LogP contribution in [0.1, 0.15) is 23.5 Å². The van der Waals surface area contributed by atoms with Gasteiger partial charge in [0.05, 0.1) is 112 Å². The van der Waals surface area contributed by atoms with E-state index in [0.717, 1.165) is 0 Å². The fourth-order valence-corrected chi connectivity index (χ4v) is 5.63. The van der Waals surface area contributed by atoms with E-state index in [0.29, 0.717) is 85.8 Å². The number of benzene rings is 3. The Morgan fingerprint density at radius 1 is 0.508 bits per heavy atom. The van der Waals surface area contributed by atoms with Gasteiger partial charge in [-0.25, -0.2) is 18.0 Å². The Hall–Kier alpha value is -4.27. The number of carbonyl (C=O) groups excluding carboxylic acids is 2. The molecule has 0 unspecified atom stereocenters. The molecule has 0 spiro atoms. The van der Waals surface area contributed by atoms with Crippen molar-refractivity contribution >= 4 is 12.1 Å². The summed E-state index contributed by atoms with van der Waals surface area (Å²) in [5.41, 5.74) is 4.70. The van der Waals surface area contributed by atoms with E-state index in [1.165, 1.54) is 27.2 Å². The summed E-state index contributed by atoms with van der Waals surface area (Å²) < 4.78 is 120. The van der Waals surface area contributed by atoms with E-state index < -0.39 is 53.3 Å². The second kappa shape index (κ2) is 26.8. The average Bonchev–Trinajstić information content (AvgIpc) is 3.57. The number of hydrogen-bond donors (Lipinski definition) is 0. The van der Waals surface area contributed by atoms with Crippen molar-refractivity contribution in [1.29, 1.82) is 0 Å². The van der Waals surface area contributed by atoms with Gasteiger partial charge in [-0.1, -0.05) is 48.5 Å². The van der Waals surface area contributed by atoms with Gasteiger partial charge in [0.2, 0.25) is 34.8 Å². The third-order valence-corrected chi connectivity index (χ3v) is 8.66. The van der Waals surface area contributed by atoms with Gasteiger partial charge in [-0.3, -0.25) is 4.79 Å². The molecular weight excluding hydrogens is 793 g/mol. The third-order valence-electron chi connectivity index (χ3n) is 8.66. The van der Waals surface area contributed by atoms with Crippen molar-refractivity contribution in [3.63, 3.8) is 0 Å². The summed E-state index contributed by atoms with van der Waals surface area (Å²) in [5.74, 6) is -14.2. The largest absolute Gasteiger partial charge is 0.448 e. The van der Waals surface area contributed by atoms with Crippen LogP contribution in [0.2, 0.25) is 0 Å². The number of ether oxygens (including phenoxy) is 10. The standard InChI is InChI=1S/C41H50F5NO12/c1-47(41(49)58-28-33-31-8-4-2-6-29(31)30-7-3-5-9-32(30)33)11-13-51-15-17-53-19-21-55-23-25-57-27-26-56-24-22-54-20-18-52-16-14-50-12-10-34(48)59-40-38(45)36(43)35(42)37(44)39(40)46/h2-9,33H,10-28H2,1H3. The van der Waals surface area contributed by atoms with Crippen LogP contribution in [0.5, 0.6) is 5.75 Å². The van der Waals surface area contributed by atoms with Crippen molar-refractivity contribution in [2.75, 3.05) is 126 Å². The molecule has 0 heterocycles. The number of halogens is 5. The highest BCUT2D eigenvalue weighted by atomic mass is 19.2. The quantitative estimate of drug-likeness (QED) is 0.0204. The van der Waals surface area contributed by atoms with Crippen LogP contribution in [-0.4, -0.2) is 143 Å². The van der Waals surface area contributed by atoms with Gasteiger partial charge < -0.3 is 52.3 Å². The Kier molecular flexibility index (Phi) is 21.5. The van der Waals surface area contributed by atoms with Crippen molar-refractivity contribution in [3.05, 3.63) is 88.7 Å². The van der Waals surface area contributed by atoms with Gasteiger partial charge in [0.1, 0.15) is 6.61 Å². The molecule has 0 atom stereocenters. The maximum atomic E-state index is 13.6. The van der Waals surface area contributed by atoms with Gasteiger partial charge in [0, 0.05) is 19.5 Å². The fraction of sp³-hybridized carbons (Fsp3) is 0.512. The third kappa shape index (κ3) is 15.7. The summed E-state index contributed by atoms with van der Waals surface area (Å²) in [5, 5.41) is 0. The number of hydrogen-bond acceptors (Lipinski definition) is 12. The molecule has 1 aliphatic carbocycles. The normalized spacial score (nSPS) is 12.1. The van der Waals surface area contributed by atoms with E-state index in [1.807, 2.05) is 24.3 Å². The highest BCUT2D eigenvalue weighted by Crippen LogP contribution is 2.44.